The van der Waals surface area contributed by atoms with E-state index >= 15 is 0 Å². The molecule has 0 bridgehead atoms. The summed E-state index contributed by atoms with van der Waals surface area (Å²) in [6.45, 7) is 3.13. The van der Waals surface area contributed by atoms with Crippen molar-refractivity contribution in [2.45, 2.75) is 63.5 Å². The molecule has 1 aliphatic carbocycles. The van der Waals surface area contributed by atoms with Crippen LogP contribution in [-0.2, 0) is 11.2 Å². The molecule has 1 heterocycles. The van der Waals surface area contributed by atoms with E-state index in [0.717, 1.165) is 5.56 Å². The molecule has 0 unspecified atom stereocenters. The highest BCUT2D eigenvalue weighted by Crippen LogP contribution is 2.28. The lowest BCUT2D eigenvalue weighted by molar-refractivity contribution is -0.142. The van der Waals surface area contributed by atoms with Crippen LogP contribution in [0, 0.1) is 12.8 Å². The molecule has 6 heteroatoms. The van der Waals surface area contributed by atoms with Gasteiger partial charge in [-0.25, -0.2) is 4.79 Å². The van der Waals surface area contributed by atoms with Gasteiger partial charge in [0.2, 0.25) is 0 Å². The topological polar surface area (TPSA) is 89.9 Å². The number of carbonyl (C=O) groups is 2. The normalized spacial score (nSPS) is 25.0. The summed E-state index contributed by atoms with van der Waals surface area (Å²) in [6, 6.07) is 8.16. The summed E-state index contributed by atoms with van der Waals surface area (Å²) >= 11 is 0. The summed E-state index contributed by atoms with van der Waals surface area (Å²) in [5, 5.41) is 23.0. The average Bonchev–Trinajstić information content (AvgIpc) is 2.62. The predicted molar refractivity (Wildman–Crippen MR) is 103 cm³/mol. The monoisotopic (exact) mass is 374 g/mol. The fourth-order valence-electron chi connectivity index (χ4n) is 4.26. The van der Waals surface area contributed by atoms with Crippen LogP contribution in [0.1, 0.15) is 49.7 Å². The molecule has 1 saturated heterocycles. The molecule has 1 aromatic rings. The van der Waals surface area contributed by atoms with Crippen molar-refractivity contribution < 1.29 is 19.8 Å². The summed E-state index contributed by atoms with van der Waals surface area (Å²) in [7, 11) is 0. The number of rotatable bonds is 4. The lowest BCUT2D eigenvalue weighted by Gasteiger charge is -2.39. The fourth-order valence-corrected chi connectivity index (χ4v) is 4.26. The van der Waals surface area contributed by atoms with E-state index in [4.69, 9.17) is 5.11 Å². The second-order valence-electron chi connectivity index (χ2n) is 8.21. The number of hydrogen-bond acceptors (Lipinski definition) is 3. The Balaban J connectivity index is 1.46. The van der Waals surface area contributed by atoms with Gasteiger partial charge >= 0.3 is 12.0 Å². The molecule has 2 amide bonds. The van der Waals surface area contributed by atoms with Crippen LogP contribution in [-0.4, -0.2) is 51.8 Å². The molecule has 1 saturated carbocycles. The van der Waals surface area contributed by atoms with Crippen LogP contribution >= 0.6 is 0 Å². The molecule has 3 rings (SSSR count). The van der Waals surface area contributed by atoms with Gasteiger partial charge in [0.05, 0.1) is 11.5 Å². The molecule has 0 spiro atoms. The molecule has 1 aliphatic heterocycles. The first-order valence-corrected chi connectivity index (χ1v) is 9.91. The zero-order valence-corrected chi connectivity index (χ0v) is 16.0. The summed E-state index contributed by atoms with van der Waals surface area (Å²) < 4.78 is 0. The number of amides is 2. The molecule has 0 aromatic heterocycles. The number of piperidine rings is 1. The largest absolute Gasteiger partial charge is 0.481 e. The number of hydrogen-bond donors (Lipinski definition) is 3. The van der Waals surface area contributed by atoms with Crippen LogP contribution in [0.3, 0.4) is 0 Å². The van der Waals surface area contributed by atoms with Gasteiger partial charge in [0.1, 0.15) is 0 Å². The molecule has 148 valence electrons. The third-order valence-electron chi connectivity index (χ3n) is 6.00. The van der Waals surface area contributed by atoms with Crippen molar-refractivity contribution in [3.05, 3.63) is 35.4 Å². The number of aliphatic carboxylic acids is 1. The summed E-state index contributed by atoms with van der Waals surface area (Å²) in [5.74, 6) is -1.01. The van der Waals surface area contributed by atoms with E-state index in [0.29, 0.717) is 58.0 Å². The van der Waals surface area contributed by atoms with Crippen LogP contribution in [0.15, 0.2) is 24.3 Å². The van der Waals surface area contributed by atoms with Crippen LogP contribution < -0.4 is 5.32 Å². The number of likely N-dealkylation sites (tertiary alicyclic amines) is 1. The number of carboxylic acid groups (broad SMARTS) is 1. The SMILES string of the molecule is Cc1cccc(CC2(O)CCN(C(=O)NC3CCC(C(=O)O)CC3)CC2)c1. The maximum absolute atomic E-state index is 12.5. The molecular weight excluding hydrogens is 344 g/mol. The lowest BCUT2D eigenvalue weighted by Crippen LogP contribution is -2.52. The second-order valence-corrected chi connectivity index (χ2v) is 8.21. The molecule has 27 heavy (non-hydrogen) atoms. The van der Waals surface area contributed by atoms with Crippen molar-refractivity contribution in [3.63, 3.8) is 0 Å². The molecule has 0 radical (unpaired) electrons. The van der Waals surface area contributed by atoms with E-state index in [-0.39, 0.29) is 18.0 Å². The first-order chi connectivity index (χ1) is 12.8. The Kier molecular flexibility index (Phi) is 6.05. The Morgan fingerprint density at radius 3 is 2.44 bits per heavy atom. The van der Waals surface area contributed by atoms with Gasteiger partial charge in [0.25, 0.3) is 0 Å². The number of nitrogens with one attached hydrogen (secondary N) is 1. The van der Waals surface area contributed by atoms with Crippen LogP contribution in [0.25, 0.3) is 0 Å². The van der Waals surface area contributed by atoms with Gasteiger partial charge in [-0.3, -0.25) is 4.79 Å². The zero-order chi connectivity index (χ0) is 19.4. The smallest absolute Gasteiger partial charge is 0.317 e. The van der Waals surface area contributed by atoms with E-state index < -0.39 is 11.6 Å². The molecule has 2 aliphatic rings. The van der Waals surface area contributed by atoms with Gasteiger partial charge < -0.3 is 20.4 Å². The van der Waals surface area contributed by atoms with Crippen molar-refractivity contribution in [2.75, 3.05) is 13.1 Å². The standard InChI is InChI=1S/C21H30N2O4/c1-15-3-2-4-16(13-15)14-21(27)9-11-23(12-10-21)20(26)22-18-7-5-17(6-8-18)19(24)25/h2-4,13,17-18,27H,5-12,14H2,1H3,(H,22,26)(H,24,25). The van der Waals surface area contributed by atoms with Crippen LogP contribution in [0.5, 0.6) is 0 Å². The third kappa shape index (κ3) is 5.22. The lowest BCUT2D eigenvalue weighted by atomic mass is 9.85. The first kappa shape index (κ1) is 19.7. The Bertz CT molecular complexity index is 675. The first-order valence-electron chi connectivity index (χ1n) is 9.91. The highest BCUT2D eigenvalue weighted by atomic mass is 16.4. The number of aryl methyl sites for hydroxylation is 1. The number of nitrogens with zero attached hydrogens (tertiary/aromatic N) is 1. The minimum atomic E-state index is -0.760. The summed E-state index contributed by atoms with van der Waals surface area (Å²) in [4.78, 5) is 25.3. The van der Waals surface area contributed by atoms with Gasteiger partial charge in [-0.1, -0.05) is 29.8 Å². The number of aliphatic hydroxyl groups is 1. The van der Waals surface area contributed by atoms with Gasteiger partial charge in [-0.15, -0.1) is 0 Å². The minimum absolute atomic E-state index is 0.0567. The minimum Gasteiger partial charge on any atom is -0.481 e. The Labute approximate surface area is 160 Å². The number of carboxylic acids is 1. The van der Waals surface area contributed by atoms with Crippen LogP contribution in [0.4, 0.5) is 4.79 Å². The van der Waals surface area contributed by atoms with Crippen molar-refractivity contribution in [1.29, 1.82) is 0 Å². The molecule has 3 N–H and O–H groups in total. The van der Waals surface area contributed by atoms with E-state index in [1.807, 2.05) is 25.1 Å². The molecule has 6 nitrogen and oxygen atoms in total. The van der Waals surface area contributed by atoms with Gasteiger partial charge in [0.15, 0.2) is 0 Å². The maximum Gasteiger partial charge on any atom is 0.317 e. The number of urea groups is 1. The molecule has 0 atom stereocenters. The van der Waals surface area contributed by atoms with E-state index in [2.05, 4.69) is 11.4 Å². The second kappa shape index (κ2) is 8.30. The Morgan fingerprint density at radius 1 is 1.19 bits per heavy atom. The highest BCUT2D eigenvalue weighted by Gasteiger charge is 2.35. The van der Waals surface area contributed by atoms with Gasteiger partial charge in [-0.05, 0) is 51.0 Å². The predicted octanol–water partition coefficient (Wildman–Crippen LogP) is 2.72. The molecule has 1 aromatic carbocycles. The summed E-state index contributed by atoms with van der Waals surface area (Å²) in [5.41, 5.74) is 1.56. The fraction of sp³-hybridized carbons (Fsp3) is 0.619. The van der Waals surface area contributed by atoms with Gasteiger partial charge in [-0.2, -0.15) is 0 Å². The Morgan fingerprint density at radius 2 is 1.85 bits per heavy atom. The highest BCUT2D eigenvalue weighted by molar-refractivity contribution is 5.75. The van der Waals surface area contributed by atoms with Crippen molar-refractivity contribution in [3.8, 4) is 0 Å². The zero-order valence-electron chi connectivity index (χ0n) is 16.0. The third-order valence-corrected chi connectivity index (χ3v) is 6.00. The van der Waals surface area contributed by atoms with Crippen molar-refractivity contribution >= 4 is 12.0 Å². The number of carbonyl (C=O) groups excluding carboxylic acids is 1. The van der Waals surface area contributed by atoms with Crippen molar-refractivity contribution in [2.24, 2.45) is 5.92 Å². The quantitative estimate of drug-likeness (QED) is 0.756. The van der Waals surface area contributed by atoms with E-state index in [9.17, 15) is 14.7 Å². The van der Waals surface area contributed by atoms with Crippen molar-refractivity contribution in [1.82, 2.24) is 10.2 Å². The molecule has 2 fully saturated rings. The Hall–Kier alpha value is -2.08. The summed E-state index contributed by atoms with van der Waals surface area (Å²) in [6.07, 6.45) is 4.43. The van der Waals surface area contributed by atoms with Gasteiger partial charge in [0, 0.05) is 25.6 Å². The van der Waals surface area contributed by atoms with E-state index in [1.54, 1.807) is 4.90 Å². The van der Waals surface area contributed by atoms with Crippen LogP contribution in [0.2, 0.25) is 0 Å². The average molecular weight is 374 g/mol. The molecular formula is C21H30N2O4. The maximum atomic E-state index is 12.5. The van der Waals surface area contributed by atoms with E-state index in [1.165, 1.54) is 5.56 Å². The number of benzene rings is 1.